The lowest BCUT2D eigenvalue weighted by atomic mass is 9.80. The molecule has 1 atom stereocenters. The van der Waals surface area contributed by atoms with E-state index in [2.05, 4.69) is 35.0 Å². The second-order valence-electron chi connectivity index (χ2n) is 7.42. The van der Waals surface area contributed by atoms with Crippen LogP contribution in [0.1, 0.15) is 51.5 Å². The van der Waals surface area contributed by atoms with Gasteiger partial charge in [0.2, 0.25) is 5.88 Å². The highest BCUT2D eigenvalue weighted by Gasteiger charge is 2.39. The van der Waals surface area contributed by atoms with Crippen molar-refractivity contribution in [2.75, 3.05) is 7.05 Å². The molecule has 2 N–H and O–H groups in total. The first-order valence-corrected chi connectivity index (χ1v) is 10.3. The predicted octanol–water partition coefficient (Wildman–Crippen LogP) is 4.25. The summed E-state index contributed by atoms with van der Waals surface area (Å²) in [7, 11) is 1.80. The van der Waals surface area contributed by atoms with E-state index in [1.807, 2.05) is 31.2 Å². The van der Waals surface area contributed by atoms with Crippen molar-refractivity contribution >= 4 is 5.71 Å². The molecule has 30 heavy (non-hydrogen) atoms. The van der Waals surface area contributed by atoms with Gasteiger partial charge in [0.1, 0.15) is 30.1 Å². The fraction of sp³-hybridized carbons (Fsp3) is 0.391. The standard InChI is InChI=1S/C20H20N6O.C3H8/c1-12-17(19(23-2)14-3-4-14)18(16(9-21)20(22)27-12)13-5-7-15(8-6-13)26-11-24-10-25-26;1-3-2/h5-8,10-11,14,18H,3-4,22H2,1-2H3;3H2,1-2H3. The maximum absolute atomic E-state index is 9.76. The van der Waals surface area contributed by atoms with E-state index in [4.69, 9.17) is 10.5 Å². The van der Waals surface area contributed by atoms with E-state index in [9.17, 15) is 5.26 Å². The second-order valence-corrected chi connectivity index (χ2v) is 7.42. The summed E-state index contributed by atoms with van der Waals surface area (Å²) in [4.78, 5) is 8.51. The lowest BCUT2D eigenvalue weighted by molar-refractivity contribution is 0.283. The zero-order valence-corrected chi connectivity index (χ0v) is 18.0. The Kier molecular flexibility index (Phi) is 6.68. The van der Waals surface area contributed by atoms with Crippen LogP contribution >= 0.6 is 0 Å². The van der Waals surface area contributed by atoms with Gasteiger partial charge in [-0.2, -0.15) is 10.4 Å². The highest BCUT2D eigenvalue weighted by Crippen LogP contribution is 2.44. The smallest absolute Gasteiger partial charge is 0.205 e. The maximum atomic E-state index is 9.76. The maximum Gasteiger partial charge on any atom is 0.205 e. The summed E-state index contributed by atoms with van der Waals surface area (Å²) in [6.07, 6.45) is 6.62. The summed E-state index contributed by atoms with van der Waals surface area (Å²) in [5, 5.41) is 13.9. The summed E-state index contributed by atoms with van der Waals surface area (Å²) >= 11 is 0. The number of benzene rings is 1. The minimum Gasteiger partial charge on any atom is -0.445 e. The van der Waals surface area contributed by atoms with Crippen molar-refractivity contribution in [2.45, 2.75) is 46.0 Å². The van der Waals surface area contributed by atoms with Gasteiger partial charge in [-0.1, -0.05) is 32.4 Å². The third-order valence-corrected chi connectivity index (χ3v) is 5.00. The van der Waals surface area contributed by atoms with Crippen LogP contribution in [-0.2, 0) is 4.74 Å². The molecule has 4 rings (SSSR count). The van der Waals surface area contributed by atoms with Crippen LogP contribution in [0.15, 0.2) is 64.7 Å². The zero-order valence-electron chi connectivity index (χ0n) is 18.0. The first-order chi connectivity index (χ1) is 14.5. The summed E-state index contributed by atoms with van der Waals surface area (Å²) in [5.74, 6) is 1.02. The Bertz CT molecular complexity index is 1000. The number of rotatable bonds is 4. The molecule has 1 aliphatic heterocycles. The third-order valence-electron chi connectivity index (χ3n) is 5.00. The molecule has 2 heterocycles. The molecule has 1 aromatic carbocycles. The number of aliphatic imine (C=N–C) groups is 1. The van der Waals surface area contributed by atoms with E-state index in [1.165, 1.54) is 12.7 Å². The average Bonchev–Trinajstić information content (AvgIpc) is 3.43. The minimum atomic E-state index is -0.284. The second kappa shape index (κ2) is 9.40. The molecule has 1 unspecified atom stereocenters. The number of ether oxygens (including phenoxy) is 1. The van der Waals surface area contributed by atoms with Crippen molar-refractivity contribution < 1.29 is 4.74 Å². The molecular formula is C23H28N6O. The molecule has 1 aliphatic carbocycles. The number of aromatic nitrogens is 3. The number of hydrogen-bond donors (Lipinski definition) is 1. The van der Waals surface area contributed by atoms with Gasteiger partial charge in [0.05, 0.1) is 11.6 Å². The van der Waals surface area contributed by atoms with Crippen molar-refractivity contribution in [3.8, 4) is 11.8 Å². The third kappa shape index (κ3) is 4.28. The highest BCUT2D eigenvalue weighted by molar-refractivity contribution is 6.05. The SMILES string of the molecule is CCC.CN=C(C1=C(C)OC(N)=C(C#N)C1c1ccc(-n2cncn2)cc1)C1CC1. The van der Waals surface area contributed by atoms with E-state index in [1.54, 1.807) is 18.1 Å². The monoisotopic (exact) mass is 404 g/mol. The molecule has 7 heteroatoms. The van der Waals surface area contributed by atoms with E-state index < -0.39 is 0 Å². The zero-order chi connectivity index (χ0) is 21.7. The fourth-order valence-corrected chi connectivity index (χ4v) is 3.59. The molecule has 0 amide bonds. The van der Waals surface area contributed by atoms with Crippen LogP contribution < -0.4 is 5.73 Å². The first kappa shape index (κ1) is 21.3. The van der Waals surface area contributed by atoms with Crippen LogP contribution in [0.3, 0.4) is 0 Å². The van der Waals surface area contributed by atoms with Gasteiger partial charge in [0, 0.05) is 24.3 Å². The normalized spacial score (nSPS) is 19.0. The van der Waals surface area contributed by atoms with E-state index in [0.717, 1.165) is 35.4 Å². The first-order valence-electron chi connectivity index (χ1n) is 10.3. The topological polar surface area (TPSA) is 102 Å². The van der Waals surface area contributed by atoms with Gasteiger partial charge >= 0.3 is 0 Å². The Hall–Kier alpha value is -3.40. The van der Waals surface area contributed by atoms with E-state index in [-0.39, 0.29) is 11.8 Å². The van der Waals surface area contributed by atoms with Crippen molar-refractivity contribution in [2.24, 2.45) is 16.6 Å². The van der Waals surface area contributed by atoms with Crippen LogP contribution in [0.2, 0.25) is 0 Å². The van der Waals surface area contributed by atoms with Crippen molar-refractivity contribution in [1.29, 1.82) is 5.26 Å². The quantitative estimate of drug-likeness (QED) is 0.768. The lowest BCUT2D eigenvalue weighted by Gasteiger charge is -2.29. The summed E-state index contributed by atoms with van der Waals surface area (Å²) in [6, 6.07) is 10.1. The molecule has 2 aromatic rings. The van der Waals surface area contributed by atoms with Gasteiger partial charge in [-0.05, 0) is 37.5 Å². The van der Waals surface area contributed by atoms with Gasteiger partial charge < -0.3 is 10.5 Å². The highest BCUT2D eigenvalue weighted by atomic mass is 16.5. The Labute approximate surface area is 177 Å². The Morgan fingerprint density at radius 2 is 1.97 bits per heavy atom. The van der Waals surface area contributed by atoms with Crippen LogP contribution in [-0.4, -0.2) is 27.5 Å². The molecular weight excluding hydrogens is 376 g/mol. The Morgan fingerprint density at radius 3 is 2.47 bits per heavy atom. The van der Waals surface area contributed by atoms with Gasteiger partial charge in [0.25, 0.3) is 0 Å². The predicted molar refractivity (Wildman–Crippen MR) is 117 cm³/mol. The molecule has 1 fully saturated rings. The molecule has 2 aliphatic rings. The summed E-state index contributed by atoms with van der Waals surface area (Å²) in [5.41, 5.74) is 10.3. The number of nitriles is 1. The molecule has 0 saturated heterocycles. The number of nitrogens with zero attached hydrogens (tertiary/aromatic N) is 5. The summed E-state index contributed by atoms with van der Waals surface area (Å²) in [6.45, 7) is 6.14. The molecule has 1 saturated carbocycles. The Balaban J connectivity index is 0.000000806. The van der Waals surface area contributed by atoms with Crippen molar-refractivity contribution in [3.63, 3.8) is 0 Å². The van der Waals surface area contributed by atoms with Gasteiger partial charge in [-0.3, -0.25) is 4.99 Å². The van der Waals surface area contributed by atoms with Crippen LogP contribution in [0.5, 0.6) is 0 Å². The van der Waals surface area contributed by atoms with E-state index >= 15 is 0 Å². The van der Waals surface area contributed by atoms with Gasteiger partial charge in [-0.25, -0.2) is 9.67 Å². The lowest BCUT2D eigenvalue weighted by Crippen LogP contribution is -2.25. The molecule has 1 aromatic heterocycles. The molecule has 7 nitrogen and oxygen atoms in total. The van der Waals surface area contributed by atoms with Crippen LogP contribution in [0.25, 0.3) is 5.69 Å². The van der Waals surface area contributed by atoms with E-state index in [0.29, 0.717) is 17.3 Å². The molecule has 0 bridgehead atoms. The van der Waals surface area contributed by atoms with Crippen LogP contribution in [0, 0.1) is 17.2 Å². The summed E-state index contributed by atoms with van der Waals surface area (Å²) < 4.78 is 7.40. The largest absolute Gasteiger partial charge is 0.445 e. The fourth-order valence-electron chi connectivity index (χ4n) is 3.59. The van der Waals surface area contributed by atoms with Crippen LogP contribution in [0.4, 0.5) is 0 Å². The number of nitrogens with two attached hydrogens (primary N) is 1. The van der Waals surface area contributed by atoms with Crippen molar-refractivity contribution in [3.05, 3.63) is 65.3 Å². The molecule has 0 radical (unpaired) electrons. The average molecular weight is 405 g/mol. The number of allylic oxidation sites excluding steroid dienone is 3. The van der Waals surface area contributed by atoms with Gasteiger partial charge in [-0.15, -0.1) is 0 Å². The minimum absolute atomic E-state index is 0.162. The Morgan fingerprint density at radius 1 is 1.30 bits per heavy atom. The van der Waals surface area contributed by atoms with Crippen molar-refractivity contribution in [1.82, 2.24) is 14.8 Å². The molecule has 0 spiro atoms. The van der Waals surface area contributed by atoms with Gasteiger partial charge in [0.15, 0.2) is 0 Å². The molecule has 156 valence electrons. The number of hydrogen-bond acceptors (Lipinski definition) is 6.